The fourth-order valence-corrected chi connectivity index (χ4v) is 1.91. The van der Waals surface area contributed by atoms with Gasteiger partial charge < -0.3 is 9.84 Å². The summed E-state index contributed by atoms with van der Waals surface area (Å²) in [6, 6.07) is 9.20. The van der Waals surface area contributed by atoms with Crippen molar-refractivity contribution < 1.29 is 19.0 Å². The van der Waals surface area contributed by atoms with E-state index in [0.29, 0.717) is 11.1 Å². The van der Waals surface area contributed by atoms with Gasteiger partial charge in [0.05, 0.1) is 5.02 Å². The number of ether oxygens (including phenoxy) is 1. The van der Waals surface area contributed by atoms with E-state index in [2.05, 4.69) is 0 Å². The average Bonchev–Trinajstić information content (AvgIpc) is 2.40. The second kappa shape index (κ2) is 5.92. The van der Waals surface area contributed by atoms with Crippen molar-refractivity contribution in [3.63, 3.8) is 0 Å². The minimum absolute atomic E-state index is 0.0378. The van der Waals surface area contributed by atoms with Crippen molar-refractivity contribution in [3.05, 3.63) is 63.9 Å². The Balaban J connectivity index is 2.22. The second-order valence-corrected chi connectivity index (χ2v) is 4.70. The van der Waals surface area contributed by atoms with Crippen LogP contribution in [0.3, 0.4) is 0 Å². The van der Waals surface area contributed by atoms with Crippen LogP contribution < -0.4 is 4.74 Å². The van der Waals surface area contributed by atoms with Gasteiger partial charge in [-0.15, -0.1) is 0 Å². The van der Waals surface area contributed by atoms with Crippen molar-refractivity contribution in [2.75, 3.05) is 0 Å². The van der Waals surface area contributed by atoms with Crippen molar-refractivity contribution in [3.8, 4) is 5.75 Å². The summed E-state index contributed by atoms with van der Waals surface area (Å²) in [7, 11) is 0. The Morgan fingerprint density at radius 3 is 2.75 bits per heavy atom. The summed E-state index contributed by atoms with van der Waals surface area (Å²) in [5, 5.41) is 9.15. The quantitative estimate of drug-likeness (QED) is 0.925. The molecule has 0 heterocycles. The molecule has 5 heteroatoms. The van der Waals surface area contributed by atoms with Crippen molar-refractivity contribution >= 4 is 17.6 Å². The van der Waals surface area contributed by atoms with Crippen LogP contribution >= 0.6 is 11.6 Å². The van der Waals surface area contributed by atoms with Crippen LogP contribution in [0.15, 0.2) is 36.4 Å². The Kier molecular flexibility index (Phi) is 4.25. The van der Waals surface area contributed by atoms with E-state index >= 15 is 0 Å². The molecule has 0 fully saturated rings. The smallest absolute Gasteiger partial charge is 0.339 e. The van der Waals surface area contributed by atoms with E-state index < -0.39 is 11.8 Å². The molecule has 0 saturated carbocycles. The first-order chi connectivity index (χ1) is 9.49. The van der Waals surface area contributed by atoms with Crippen LogP contribution in [-0.4, -0.2) is 11.1 Å². The van der Waals surface area contributed by atoms with Crippen LogP contribution in [-0.2, 0) is 6.61 Å². The summed E-state index contributed by atoms with van der Waals surface area (Å²) in [4.78, 5) is 11.1. The number of para-hydroxylation sites is 1. The maximum Gasteiger partial charge on any atom is 0.339 e. The fourth-order valence-electron chi connectivity index (χ4n) is 1.80. The molecular formula is C15H12ClFO3. The molecule has 0 spiro atoms. The first kappa shape index (κ1) is 14.3. The molecule has 0 aliphatic heterocycles. The van der Waals surface area contributed by atoms with Gasteiger partial charge >= 0.3 is 5.97 Å². The van der Waals surface area contributed by atoms with E-state index in [9.17, 15) is 9.18 Å². The van der Waals surface area contributed by atoms with E-state index in [1.807, 2.05) is 0 Å². The summed E-state index contributed by atoms with van der Waals surface area (Å²) < 4.78 is 18.8. The van der Waals surface area contributed by atoms with Crippen molar-refractivity contribution in [1.29, 1.82) is 0 Å². The molecule has 2 rings (SSSR count). The number of halogens is 2. The molecule has 1 N–H and O–H groups in total. The molecule has 2 aromatic rings. The van der Waals surface area contributed by atoms with E-state index in [4.69, 9.17) is 21.4 Å². The zero-order valence-electron chi connectivity index (χ0n) is 10.7. The number of aromatic carboxylic acids is 1. The number of carbonyl (C=O) groups is 1. The molecule has 0 amide bonds. The molecule has 104 valence electrons. The number of rotatable bonds is 4. The van der Waals surface area contributed by atoms with Crippen LogP contribution in [0.2, 0.25) is 5.02 Å². The molecule has 20 heavy (non-hydrogen) atoms. The maximum absolute atomic E-state index is 13.3. The van der Waals surface area contributed by atoms with Gasteiger partial charge in [-0.05, 0) is 36.2 Å². The van der Waals surface area contributed by atoms with Crippen LogP contribution in [0.25, 0.3) is 0 Å². The predicted octanol–water partition coefficient (Wildman–Crippen LogP) is 4.06. The highest BCUT2D eigenvalue weighted by Gasteiger charge is 2.13. The van der Waals surface area contributed by atoms with E-state index in [-0.39, 0.29) is 22.9 Å². The molecule has 3 nitrogen and oxygen atoms in total. The molecule has 0 aromatic heterocycles. The number of carboxylic acid groups (broad SMARTS) is 1. The summed E-state index contributed by atoms with van der Waals surface area (Å²) in [5.74, 6) is -1.31. The Morgan fingerprint density at radius 1 is 1.35 bits per heavy atom. The first-order valence-electron chi connectivity index (χ1n) is 5.88. The maximum atomic E-state index is 13.3. The van der Waals surface area contributed by atoms with E-state index in [1.54, 1.807) is 25.1 Å². The van der Waals surface area contributed by atoms with Crippen molar-refractivity contribution in [2.24, 2.45) is 0 Å². The first-order valence-corrected chi connectivity index (χ1v) is 6.26. The molecule has 0 unspecified atom stereocenters. The number of hydrogen-bond acceptors (Lipinski definition) is 2. The molecule has 0 radical (unpaired) electrons. The van der Waals surface area contributed by atoms with Crippen molar-refractivity contribution in [2.45, 2.75) is 13.5 Å². The second-order valence-electron chi connectivity index (χ2n) is 4.29. The van der Waals surface area contributed by atoms with Crippen LogP contribution in [0, 0.1) is 12.7 Å². The summed E-state index contributed by atoms with van der Waals surface area (Å²) in [6.07, 6.45) is 0. The van der Waals surface area contributed by atoms with Gasteiger partial charge in [-0.3, -0.25) is 0 Å². The number of carboxylic acids is 1. The van der Waals surface area contributed by atoms with Crippen LogP contribution in [0.5, 0.6) is 5.75 Å². The van der Waals surface area contributed by atoms with Gasteiger partial charge in [0.25, 0.3) is 0 Å². The minimum Gasteiger partial charge on any atom is -0.488 e. The Labute approximate surface area is 120 Å². The molecule has 0 bridgehead atoms. The number of benzene rings is 2. The summed E-state index contributed by atoms with van der Waals surface area (Å²) in [6.45, 7) is 1.82. The lowest BCUT2D eigenvalue weighted by atomic mass is 10.1. The molecular weight excluding hydrogens is 283 g/mol. The van der Waals surface area contributed by atoms with Gasteiger partial charge in [0.1, 0.15) is 23.7 Å². The molecule has 2 aromatic carbocycles. The Morgan fingerprint density at radius 2 is 2.10 bits per heavy atom. The summed E-state index contributed by atoms with van der Waals surface area (Å²) in [5.41, 5.74) is 1.37. The molecule has 0 atom stereocenters. The van der Waals surface area contributed by atoms with Crippen LogP contribution in [0.1, 0.15) is 21.5 Å². The minimum atomic E-state index is -1.06. The van der Waals surface area contributed by atoms with Crippen LogP contribution in [0.4, 0.5) is 4.39 Å². The Bertz CT molecular complexity index is 656. The Hall–Kier alpha value is -2.07. The van der Waals surface area contributed by atoms with Gasteiger partial charge in [-0.1, -0.05) is 29.8 Å². The van der Waals surface area contributed by atoms with Gasteiger partial charge in [-0.25, -0.2) is 9.18 Å². The highest BCUT2D eigenvalue weighted by molar-refractivity contribution is 6.30. The van der Waals surface area contributed by atoms with Gasteiger partial charge in [-0.2, -0.15) is 0 Å². The zero-order chi connectivity index (χ0) is 14.7. The largest absolute Gasteiger partial charge is 0.488 e. The lowest BCUT2D eigenvalue weighted by molar-refractivity contribution is 0.0691. The third kappa shape index (κ3) is 3.08. The van der Waals surface area contributed by atoms with Gasteiger partial charge in [0, 0.05) is 0 Å². The third-order valence-electron chi connectivity index (χ3n) is 2.81. The highest BCUT2D eigenvalue weighted by Crippen LogP contribution is 2.25. The summed E-state index contributed by atoms with van der Waals surface area (Å²) >= 11 is 5.60. The van der Waals surface area contributed by atoms with E-state index in [0.717, 1.165) is 0 Å². The van der Waals surface area contributed by atoms with Gasteiger partial charge in [0.15, 0.2) is 0 Å². The predicted molar refractivity (Wildman–Crippen MR) is 73.9 cm³/mol. The zero-order valence-corrected chi connectivity index (χ0v) is 11.4. The SMILES string of the molecule is Cc1cccc(C(=O)O)c1OCc1ccc(Cl)c(F)c1. The monoisotopic (exact) mass is 294 g/mol. The van der Waals surface area contributed by atoms with E-state index in [1.165, 1.54) is 18.2 Å². The van der Waals surface area contributed by atoms with Gasteiger partial charge in [0.2, 0.25) is 0 Å². The topological polar surface area (TPSA) is 46.5 Å². The normalized spacial score (nSPS) is 10.3. The average molecular weight is 295 g/mol. The number of hydrogen-bond donors (Lipinski definition) is 1. The lowest BCUT2D eigenvalue weighted by Gasteiger charge is -2.12. The fraction of sp³-hybridized carbons (Fsp3) is 0.133. The highest BCUT2D eigenvalue weighted by atomic mass is 35.5. The number of aryl methyl sites for hydroxylation is 1. The molecule has 0 aliphatic carbocycles. The van der Waals surface area contributed by atoms with Crippen molar-refractivity contribution in [1.82, 2.24) is 0 Å². The lowest BCUT2D eigenvalue weighted by Crippen LogP contribution is -2.05. The molecule has 0 saturated heterocycles. The molecule has 0 aliphatic rings. The third-order valence-corrected chi connectivity index (χ3v) is 3.12. The standard InChI is InChI=1S/C15H12ClFO3/c1-9-3-2-4-11(15(18)19)14(9)20-8-10-5-6-12(16)13(17)7-10/h2-7H,8H2,1H3,(H,18,19).